The SMILES string of the molecule is Cc1cc(C)c(/N=C/C=N/c2c(C)cc(C)cc2C)c(C)c1. The van der Waals surface area contributed by atoms with Crippen LogP contribution in [0.1, 0.15) is 33.4 Å². The fraction of sp³-hybridized carbons (Fsp3) is 0.300. The summed E-state index contributed by atoms with van der Waals surface area (Å²) in [4.78, 5) is 9.13. The van der Waals surface area contributed by atoms with E-state index in [0.717, 1.165) is 11.4 Å². The fourth-order valence-electron chi connectivity index (χ4n) is 2.97. The standard InChI is InChI=1S/C20H24N2/c1-13-9-15(3)19(16(4)10-13)21-7-8-22-20-17(5)11-14(2)12-18(20)6/h7-12H,1-6H3/b21-7+,22-8+. The number of rotatable bonds is 3. The van der Waals surface area contributed by atoms with Crippen molar-refractivity contribution >= 4 is 23.8 Å². The molecule has 0 fully saturated rings. The molecule has 22 heavy (non-hydrogen) atoms. The van der Waals surface area contributed by atoms with Gasteiger partial charge in [-0.05, 0) is 63.8 Å². The highest BCUT2D eigenvalue weighted by Gasteiger charge is 2.02. The first kappa shape index (κ1) is 16.2. The van der Waals surface area contributed by atoms with E-state index in [1.54, 1.807) is 12.4 Å². The number of aliphatic imine (C=N–C) groups is 2. The normalized spacial score (nSPS) is 11.7. The Morgan fingerprint density at radius 2 is 0.818 bits per heavy atom. The van der Waals surface area contributed by atoms with Gasteiger partial charge in [0.15, 0.2) is 0 Å². The quantitative estimate of drug-likeness (QED) is 0.654. The van der Waals surface area contributed by atoms with Crippen LogP contribution >= 0.6 is 0 Å². The van der Waals surface area contributed by atoms with Crippen LogP contribution in [0.5, 0.6) is 0 Å². The van der Waals surface area contributed by atoms with E-state index in [2.05, 4.69) is 75.8 Å². The molecule has 0 spiro atoms. The predicted molar refractivity (Wildman–Crippen MR) is 97.6 cm³/mol. The van der Waals surface area contributed by atoms with Crippen LogP contribution in [-0.2, 0) is 0 Å². The Labute approximate surface area is 133 Å². The highest BCUT2D eigenvalue weighted by atomic mass is 14.8. The molecule has 0 N–H and O–H groups in total. The lowest BCUT2D eigenvalue weighted by Crippen LogP contribution is -1.86. The van der Waals surface area contributed by atoms with Gasteiger partial charge in [0.05, 0.1) is 11.4 Å². The van der Waals surface area contributed by atoms with Crippen molar-refractivity contribution in [1.82, 2.24) is 0 Å². The van der Waals surface area contributed by atoms with Crippen molar-refractivity contribution in [3.63, 3.8) is 0 Å². The van der Waals surface area contributed by atoms with E-state index in [-0.39, 0.29) is 0 Å². The molecule has 0 aliphatic carbocycles. The minimum atomic E-state index is 1.04. The van der Waals surface area contributed by atoms with Crippen molar-refractivity contribution in [2.24, 2.45) is 9.98 Å². The molecule has 0 atom stereocenters. The van der Waals surface area contributed by atoms with Crippen LogP contribution in [-0.4, -0.2) is 12.4 Å². The minimum Gasteiger partial charge on any atom is -0.255 e. The third-order valence-electron chi connectivity index (χ3n) is 3.74. The van der Waals surface area contributed by atoms with Crippen molar-refractivity contribution < 1.29 is 0 Å². The Bertz CT molecular complexity index is 641. The maximum Gasteiger partial charge on any atom is 0.0688 e. The second-order valence-electron chi connectivity index (χ2n) is 6.05. The number of hydrogen-bond donors (Lipinski definition) is 0. The largest absolute Gasteiger partial charge is 0.255 e. The van der Waals surface area contributed by atoms with Gasteiger partial charge < -0.3 is 0 Å². The zero-order valence-corrected chi connectivity index (χ0v) is 14.4. The molecule has 114 valence electrons. The smallest absolute Gasteiger partial charge is 0.0688 e. The van der Waals surface area contributed by atoms with Gasteiger partial charge in [0.1, 0.15) is 0 Å². The van der Waals surface area contributed by atoms with E-state index in [9.17, 15) is 0 Å². The van der Waals surface area contributed by atoms with E-state index < -0.39 is 0 Å². The maximum atomic E-state index is 4.56. The molecular weight excluding hydrogens is 268 g/mol. The van der Waals surface area contributed by atoms with Crippen LogP contribution in [0.3, 0.4) is 0 Å². The summed E-state index contributed by atoms with van der Waals surface area (Å²) in [5.41, 5.74) is 9.41. The fourth-order valence-corrected chi connectivity index (χ4v) is 2.97. The van der Waals surface area contributed by atoms with E-state index in [4.69, 9.17) is 0 Å². The van der Waals surface area contributed by atoms with Crippen molar-refractivity contribution in [1.29, 1.82) is 0 Å². The van der Waals surface area contributed by atoms with Crippen molar-refractivity contribution in [2.45, 2.75) is 41.5 Å². The number of hydrogen-bond acceptors (Lipinski definition) is 2. The summed E-state index contributed by atoms with van der Waals surface area (Å²) in [6.45, 7) is 12.6. The molecule has 0 unspecified atom stereocenters. The summed E-state index contributed by atoms with van der Waals surface area (Å²) in [6.07, 6.45) is 3.56. The second kappa shape index (κ2) is 6.69. The molecule has 2 rings (SSSR count). The zero-order chi connectivity index (χ0) is 16.3. The van der Waals surface area contributed by atoms with E-state index in [1.165, 1.54) is 33.4 Å². The molecule has 0 saturated heterocycles. The van der Waals surface area contributed by atoms with Crippen LogP contribution in [0.4, 0.5) is 11.4 Å². The van der Waals surface area contributed by atoms with Gasteiger partial charge in [-0.1, -0.05) is 35.4 Å². The lowest BCUT2D eigenvalue weighted by Gasteiger charge is -2.06. The van der Waals surface area contributed by atoms with E-state index in [0.29, 0.717) is 0 Å². The van der Waals surface area contributed by atoms with E-state index in [1.807, 2.05) is 0 Å². The van der Waals surface area contributed by atoms with Gasteiger partial charge in [-0.2, -0.15) is 0 Å². The van der Waals surface area contributed by atoms with Gasteiger partial charge >= 0.3 is 0 Å². The lowest BCUT2D eigenvalue weighted by atomic mass is 10.1. The molecule has 0 radical (unpaired) electrons. The number of benzene rings is 2. The molecule has 2 aromatic rings. The summed E-state index contributed by atoms with van der Waals surface area (Å²) in [7, 11) is 0. The molecule has 0 aliphatic heterocycles. The first-order valence-corrected chi connectivity index (χ1v) is 7.61. The zero-order valence-electron chi connectivity index (χ0n) is 14.4. The summed E-state index contributed by atoms with van der Waals surface area (Å²) in [5, 5.41) is 0. The minimum absolute atomic E-state index is 1.04. The number of aryl methyl sites for hydroxylation is 6. The van der Waals surface area contributed by atoms with Crippen LogP contribution < -0.4 is 0 Å². The summed E-state index contributed by atoms with van der Waals surface area (Å²) < 4.78 is 0. The van der Waals surface area contributed by atoms with Crippen molar-refractivity contribution in [3.8, 4) is 0 Å². The molecule has 0 heterocycles. The van der Waals surface area contributed by atoms with Gasteiger partial charge in [0.2, 0.25) is 0 Å². The molecular formula is C20H24N2. The third kappa shape index (κ3) is 3.70. The Morgan fingerprint density at radius 1 is 0.545 bits per heavy atom. The molecule has 2 nitrogen and oxygen atoms in total. The highest BCUT2D eigenvalue weighted by Crippen LogP contribution is 2.25. The van der Waals surface area contributed by atoms with Crippen LogP contribution in [0.2, 0.25) is 0 Å². The average molecular weight is 292 g/mol. The van der Waals surface area contributed by atoms with Crippen LogP contribution in [0, 0.1) is 41.5 Å². The molecule has 0 amide bonds. The Morgan fingerprint density at radius 3 is 1.09 bits per heavy atom. The topological polar surface area (TPSA) is 24.7 Å². The third-order valence-corrected chi connectivity index (χ3v) is 3.74. The first-order valence-electron chi connectivity index (χ1n) is 7.61. The Kier molecular flexibility index (Phi) is 4.92. The van der Waals surface area contributed by atoms with E-state index >= 15 is 0 Å². The van der Waals surface area contributed by atoms with Crippen LogP contribution in [0.15, 0.2) is 34.3 Å². The second-order valence-corrected chi connectivity index (χ2v) is 6.05. The summed E-state index contributed by atoms with van der Waals surface area (Å²) in [6, 6.07) is 8.63. The van der Waals surface area contributed by atoms with Crippen molar-refractivity contribution in [3.05, 3.63) is 57.6 Å². The molecule has 2 heteroatoms. The van der Waals surface area contributed by atoms with Gasteiger partial charge in [-0.15, -0.1) is 0 Å². The van der Waals surface area contributed by atoms with Gasteiger partial charge in [0, 0.05) is 12.4 Å². The molecule has 0 bridgehead atoms. The Hall–Kier alpha value is -2.22. The van der Waals surface area contributed by atoms with Gasteiger partial charge in [-0.25, -0.2) is 0 Å². The molecule has 0 aliphatic rings. The highest BCUT2D eigenvalue weighted by molar-refractivity contribution is 6.17. The maximum absolute atomic E-state index is 4.56. The average Bonchev–Trinajstić information content (AvgIpc) is 2.38. The summed E-state index contributed by atoms with van der Waals surface area (Å²) in [5.74, 6) is 0. The molecule has 2 aromatic carbocycles. The first-order chi connectivity index (χ1) is 10.4. The van der Waals surface area contributed by atoms with Gasteiger partial charge in [0.25, 0.3) is 0 Å². The predicted octanol–water partition coefficient (Wildman–Crippen LogP) is 5.64. The number of nitrogens with zero attached hydrogens (tertiary/aromatic N) is 2. The Balaban J connectivity index is 2.24. The van der Waals surface area contributed by atoms with Crippen LogP contribution in [0.25, 0.3) is 0 Å². The van der Waals surface area contributed by atoms with Gasteiger partial charge in [-0.3, -0.25) is 9.98 Å². The van der Waals surface area contributed by atoms with Crippen molar-refractivity contribution in [2.75, 3.05) is 0 Å². The molecule has 0 aromatic heterocycles. The summed E-state index contributed by atoms with van der Waals surface area (Å²) >= 11 is 0. The lowest BCUT2D eigenvalue weighted by molar-refractivity contribution is 1.29. The molecule has 0 saturated carbocycles. The monoisotopic (exact) mass is 292 g/mol.